The van der Waals surface area contributed by atoms with Gasteiger partial charge in [0.15, 0.2) is 0 Å². The Morgan fingerprint density at radius 2 is 1.58 bits per heavy atom. The van der Waals surface area contributed by atoms with E-state index in [1.165, 1.54) is 24.3 Å². The number of primary sulfonamides is 1. The van der Waals surface area contributed by atoms with Crippen LogP contribution in [0, 0.1) is 0 Å². The van der Waals surface area contributed by atoms with Gasteiger partial charge in [-0.05, 0) is 30.3 Å². The highest BCUT2D eigenvalue weighted by Crippen LogP contribution is 2.32. The summed E-state index contributed by atoms with van der Waals surface area (Å²) in [7, 11) is -7.67. The van der Waals surface area contributed by atoms with Crippen molar-refractivity contribution < 1.29 is 21.6 Å². The molecule has 0 saturated carbocycles. The van der Waals surface area contributed by atoms with Crippen molar-refractivity contribution in [3.63, 3.8) is 0 Å². The fourth-order valence-electron chi connectivity index (χ4n) is 2.53. The van der Waals surface area contributed by atoms with Crippen molar-refractivity contribution in [2.45, 2.75) is 22.3 Å². The van der Waals surface area contributed by atoms with Crippen molar-refractivity contribution in [2.75, 3.05) is 6.61 Å². The first-order valence-corrected chi connectivity index (χ1v) is 10.2. The summed E-state index contributed by atoms with van der Waals surface area (Å²) < 4.78 is 55.7. The van der Waals surface area contributed by atoms with Gasteiger partial charge >= 0.3 is 0 Å². The lowest BCUT2D eigenvalue weighted by Crippen LogP contribution is -2.32. The Hall–Kier alpha value is -1.94. The first-order valence-electron chi connectivity index (χ1n) is 7.14. The van der Waals surface area contributed by atoms with Crippen molar-refractivity contribution in [3.05, 3.63) is 54.1 Å². The van der Waals surface area contributed by atoms with Gasteiger partial charge in [-0.3, -0.25) is 0 Å². The minimum absolute atomic E-state index is 0.0288. The van der Waals surface area contributed by atoms with Crippen LogP contribution in [0.1, 0.15) is 18.0 Å². The van der Waals surface area contributed by atoms with Crippen LogP contribution in [0.15, 0.2) is 58.3 Å². The molecule has 0 fully saturated rings. The van der Waals surface area contributed by atoms with E-state index >= 15 is 0 Å². The molecule has 0 aliphatic carbocycles. The quantitative estimate of drug-likeness (QED) is 0.839. The molecule has 1 atom stereocenters. The van der Waals surface area contributed by atoms with Crippen LogP contribution in [0.2, 0.25) is 0 Å². The highest BCUT2D eigenvalue weighted by Gasteiger charge is 2.26. The molecule has 7 nitrogen and oxygen atoms in total. The molecule has 1 aliphatic heterocycles. The van der Waals surface area contributed by atoms with Crippen molar-refractivity contribution in [3.8, 4) is 5.75 Å². The molecule has 9 heteroatoms. The number of nitrogens with one attached hydrogen (secondary N) is 1. The molecule has 0 amide bonds. The Morgan fingerprint density at radius 3 is 2.25 bits per heavy atom. The Morgan fingerprint density at radius 1 is 0.958 bits per heavy atom. The zero-order chi connectivity index (χ0) is 17.4. The molecule has 2 aromatic carbocycles. The lowest BCUT2D eigenvalue weighted by atomic mass is 10.0. The van der Waals surface area contributed by atoms with E-state index in [2.05, 4.69) is 4.72 Å². The zero-order valence-corrected chi connectivity index (χ0v) is 14.2. The Kier molecular flexibility index (Phi) is 4.35. The second-order valence-corrected chi connectivity index (χ2v) is 8.64. The smallest absolute Gasteiger partial charge is 0.241 e. The van der Waals surface area contributed by atoms with Gasteiger partial charge in [-0.25, -0.2) is 26.7 Å². The molecule has 1 aliphatic rings. The Bertz CT molecular complexity index is 954. The number of benzene rings is 2. The van der Waals surface area contributed by atoms with Crippen LogP contribution in [-0.2, 0) is 20.0 Å². The molecule has 1 heterocycles. The van der Waals surface area contributed by atoms with E-state index in [9.17, 15) is 16.8 Å². The van der Waals surface area contributed by atoms with E-state index in [-0.39, 0.29) is 9.79 Å². The summed E-state index contributed by atoms with van der Waals surface area (Å²) in [5.41, 5.74) is 0.772. The fraction of sp³-hybridized carbons (Fsp3) is 0.200. The largest absolute Gasteiger partial charge is 0.493 e. The third kappa shape index (κ3) is 3.44. The van der Waals surface area contributed by atoms with Gasteiger partial charge in [0.05, 0.1) is 22.4 Å². The van der Waals surface area contributed by atoms with E-state index in [1.807, 2.05) is 18.2 Å². The van der Waals surface area contributed by atoms with Gasteiger partial charge in [0.1, 0.15) is 5.75 Å². The minimum atomic E-state index is -3.86. The number of hydrogen-bond acceptors (Lipinski definition) is 5. The molecule has 0 unspecified atom stereocenters. The van der Waals surface area contributed by atoms with Crippen molar-refractivity contribution in [1.29, 1.82) is 0 Å². The van der Waals surface area contributed by atoms with Crippen LogP contribution < -0.4 is 14.6 Å². The van der Waals surface area contributed by atoms with E-state index in [0.29, 0.717) is 18.8 Å². The van der Waals surface area contributed by atoms with Gasteiger partial charge < -0.3 is 4.74 Å². The summed E-state index contributed by atoms with van der Waals surface area (Å²) in [6.07, 6.45) is 0.505. The molecule has 3 rings (SSSR count). The number of nitrogens with two attached hydrogens (primary N) is 1. The summed E-state index contributed by atoms with van der Waals surface area (Å²) in [5, 5.41) is 5.01. The molecular weight excluding hydrogens is 352 g/mol. The van der Waals surface area contributed by atoms with Gasteiger partial charge in [0.25, 0.3) is 0 Å². The lowest BCUT2D eigenvalue weighted by Gasteiger charge is -2.26. The van der Waals surface area contributed by atoms with Gasteiger partial charge in [-0.2, -0.15) is 0 Å². The molecule has 0 radical (unpaired) electrons. The lowest BCUT2D eigenvalue weighted by molar-refractivity contribution is 0.263. The Labute approximate surface area is 140 Å². The maximum Gasteiger partial charge on any atom is 0.241 e. The third-order valence-electron chi connectivity index (χ3n) is 3.72. The molecular formula is C15H16N2O5S2. The number of rotatable bonds is 4. The molecule has 24 heavy (non-hydrogen) atoms. The summed E-state index contributed by atoms with van der Waals surface area (Å²) >= 11 is 0. The average Bonchev–Trinajstić information content (AvgIpc) is 2.54. The van der Waals surface area contributed by atoms with Crippen LogP contribution >= 0.6 is 0 Å². The van der Waals surface area contributed by atoms with E-state index in [4.69, 9.17) is 9.88 Å². The molecule has 2 aromatic rings. The number of ether oxygens (including phenoxy) is 1. The summed E-state index contributed by atoms with van der Waals surface area (Å²) in [6, 6.07) is 11.6. The molecule has 128 valence electrons. The second-order valence-electron chi connectivity index (χ2n) is 5.37. The number of hydrogen-bond donors (Lipinski definition) is 2. The van der Waals surface area contributed by atoms with Gasteiger partial charge in [0, 0.05) is 12.0 Å². The van der Waals surface area contributed by atoms with E-state index in [0.717, 1.165) is 5.56 Å². The molecule has 0 bridgehead atoms. The van der Waals surface area contributed by atoms with Crippen LogP contribution in [0.3, 0.4) is 0 Å². The molecule has 0 saturated heterocycles. The van der Waals surface area contributed by atoms with Crippen LogP contribution in [0.25, 0.3) is 0 Å². The van der Waals surface area contributed by atoms with Crippen molar-refractivity contribution >= 4 is 20.0 Å². The number of para-hydroxylation sites is 1. The summed E-state index contributed by atoms with van der Waals surface area (Å²) in [5.74, 6) is 0.654. The monoisotopic (exact) mass is 368 g/mol. The standard InChI is InChI=1S/C15H16N2O5S2/c16-23(18,19)11-5-7-12(8-6-11)24(20,21)17-14-9-10-22-15-4-2-1-3-13(14)15/h1-8,14,17H,9-10H2,(H2,16,18,19)/t14-/m1/s1. The van der Waals surface area contributed by atoms with Gasteiger partial charge in [-0.15, -0.1) is 0 Å². The predicted octanol–water partition coefficient (Wildman–Crippen LogP) is 1.14. The number of fused-ring (bicyclic) bond motifs is 1. The maximum atomic E-state index is 12.5. The third-order valence-corrected chi connectivity index (χ3v) is 6.14. The van der Waals surface area contributed by atoms with E-state index < -0.39 is 26.1 Å². The highest BCUT2D eigenvalue weighted by molar-refractivity contribution is 7.89. The van der Waals surface area contributed by atoms with Crippen LogP contribution in [-0.4, -0.2) is 23.4 Å². The first-order chi connectivity index (χ1) is 11.3. The molecule has 0 aromatic heterocycles. The molecule has 0 spiro atoms. The first kappa shape index (κ1) is 16.9. The predicted molar refractivity (Wildman–Crippen MR) is 87.4 cm³/mol. The maximum absolute atomic E-state index is 12.5. The zero-order valence-electron chi connectivity index (χ0n) is 12.5. The highest BCUT2D eigenvalue weighted by atomic mass is 32.2. The van der Waals surface area contributed by atoms with Crippen molar-refractivity contribution in [2.24, 2.45) is 5.14 Å². The molecule has 3 N–H and O–H groups in total. The second kappa shape index (κ2) is 6.17. The minimum Gasteiger partial charge on any atom is -0.493 e. The van der Waals surface area contributed by atoms with Crippen LogP contribution in [0.4, 0.5) is 0 Å². The van der Waals surface area contributed by atoms with E-state index in [1.54, 1.807) is 6.07 Å². The van der Waals surface area contributed by atoms with Crippen molar-refractivity contribution in [1.82, 2.24) is 4.72 Å². The van der Waals surface area contributed by atoms with Gasteiger partial charge in [-0.1, -0.05) is 18.2 Å². The SMILES string of the molecule is NS(=O)(=O)c1ccc(S(=O)(=O)N[C@@H]2CCOc3ccccc32)cc1. The van der Waals surface area contributed by atoms with Crippen LogP contribution in [0.5, 0.6) is 5.75 Å². The topological polar surface area (TPSA) is 116 Å². The summed E-state index contributed by atoms with van der Waals surface area (Å²) in [4.78, 5) is -0.170. The summed E-state index contributed by atoms with van der Waals surface area (Å²) in [6.45, 7) is 0.411. The van der Waals surface area contributed by atoms with Gasteiger partial charge in [0.2, 0.25) is 20.0 Å². The Balaban J connectivity index is 1.87. The fourth-order valence-corrected chi connectivity index (χ4v) is 4.29. The number of sulfonamides is 2. The normalized spacial score (nSPS) is 17.8. The average molecular weight is 368 g/mol.